The second-order valence-electron chi connectivity index (χ2n) is 6.74. The highest BCUT2D eigenvalue weighted by Crippen LogP contribution is 2.46. The number of para-hydroxylation sites is 4. The number of aromatic nitrogens is 2. The number of rotatable bonds is 6. The van der Waals surface area contributed by atoms with E-state index in [9.17, 15) is 13.0 Å². The van der Waals surface area contributed by atoms with Crippen LogP contribution in [-0.4, -0.2) is 29.5 Å². The molecule has 1 aliphatic rings. The first-order chi connectivity index (χ1) is 14.0. The van der Waals surface area contributed by atoms with Crippen molar-refractivity contribution < 1.29 is 17.7 Å². The van der Waals surface area contributed by atoms with Gasteiger partial charge in [0.05, 0.1) is 11.4 Å². The lowest BCUT2D eigenvalue weighted by atomic mass is 10.1. The topological polar surface area (TPSA) is 92.6 Å². The molecule has 1 aliphatic heterocycles. The van der Waals surface area contributed by atoms with Crippen LogP contribution in [0.25, 0.3) is 0 Å². The molecule has 1 N–H and O–H groups in total. The average Bonchev–Trinajstić information content (AvgIpc) is 2.72. The number of anilines is 2. The molecule has 3 aromatic rings. The lowest BCUT2D eigenvalue weighted by molar-refractivity contribution is 0.458. The van der Waals surface area contributed by atoms with E-state index in [2.05, 4.69) is 9.97 Å². The van der Waals surface area contributed by atoms with Crippen molar-refractivity contribution in [1.82, 2.24) is 9.97 Å². The zero-order valence-corrected chi connectivity index (χ0v) is 16.7. The summed E-state index contributed by atoms with van der Waals surface area (Å²) in [5.74, 6) is 1.50. The van der Waals surface area contributed by atoms with Gasteiger partial charge in [0.1, 0.15) is 11.1 Å². The third-order valence-electron chi connectivity index (χ3n) is 4.89. The molecule has 0 radical (unpaired) electrons. The van der Waals surface area contributed by atoms with Gasteiger partial charge in [-0.3, -0.25) is 4.55 Å². The molecule has 0 amide bonds. The van der Waals surface area contributed by atoms with Crippen LogP contribution in [0.2, 0.25) is 0 Å². The normalized spacial score (nSPS) is 13.9. The fourth-order valence-corrected chi connectivity index (χ4v) is 4.23. The summed E-state index contributed by atoms with van der Waals surface area (Å²) in [5, 5.41) is -1.21. The van der Waals surface area contributed by atoms with E-state index >= 15 is 0 Å². The Morgan fingerprint density at radius 2 is 1.66 bits per heavy atom. The maximum atomic E-state index is 12.1. The molecule has 0 aliphatic carbocycles. The Balaban J connectivity index is 1.68. The van der Waals surface area contributed by atoms with Crippen LogP contribution in [-0.2, 0) is 16.5 Å². The fraction of sp³-hybridized carbons (Fsp3) is 0.238. The molecule has 29 heavy (non-hydrogen) atoms. The zero-order valence-electron chi connectivity index (χ0n) is 15.9. The van der Waals surface area contributed by atoms with Crippen molar-refractivity contribution in [2.24, 2.45) is 0 Å². The van der Waals surface area contributed by atoms with Crippen molar-refractivity contribution in [3.05, 3.63) is 72.3 Å². The fourth-order valence-electron chi connectivity index (χ4n) is 3.44. The summed E-state index contributed by atoms with van der Waals surface area (Å²) in [6, 6.07) is 16.9. The van der Waals surface area contributed by atoms with Crippen LogP contribution < -0.4 is 9.64 Å². The van der Waals surface area contributed by atoms with Gasteiger partial charge < -0.3 is 9.64 Å². The predicted molar refractivity (Wildman–Crippen MR) is 110 cm³/mol. The summed E-state index contributed by atoms with van der Waals surface area (Å²) in [6.07, 6.45) is 2.30. The third kappa shape index (κ3) is 3.94. The molecular weight excluding hydrogens is 390 g/mol. The minimum atomic E-state index is -4.38. The second kappa shape index (κ2) is 7.81. The summed E-state index contributed by atoms with van der Waals surface area (Å²) in [6.45, 7) is 2.26. The Morgan fingerprint density at radius 3 is 2.24 bits per heavy atom. The number of hydrogen-bond acceptors (Lipinski definition) is 6. The van der Waals surface area contributed by atoms with E-state index in [0.717, 1.165) is 17.1 Å². The molecule has 8 heteroatoms. The number of benzene rings is 2. The Kier molecular flexibility index (Phi) is 5.21. The number of aryl methyl sites for hydroxylation is 1. The number of ether oxygens (including phenoxy) is 1. The Hall–Kier alpha value is -2.97. The lowest BCUT2D eigenvalue weighted by Gasteiger charge is -2.33. The molecule has 4 rings (SSSR count). The maximum absolute atomic E-state index is 12.1. The highest BCUT2D eigenvalue weighted by Gasteiger charge is 2.31. The van der Waals surface area contributed by atoms with Gasteiger partial charge in [-0.1, -0.05) is 31.2 Å². The predicted octanol–water partition coefficient (Wildman–Crippen LogP) is 4.30. The third-order valence-corrected chi connectivity index (χ3v) is 6.05. The van der Waals surface area contributed by atoms with E-state index in [-0.39, 0.29) is 12.2 Å². The van der Waals surface area contributed by atoms with Crippen LogP contribution in [0.5, 0.6) is 11.5 Å². The summed E-state index contributed by atoms with van der Waals surface area (Å²) >= 11 is 0. The van der Waals surface area contributed by atoms with Crippen LogP contribution >= 0.6 is 0 Å². The smallest absolute Gasteiger partial charge is 0.275 e. The van der Waals surface area contributed by atoms with E-state index in [1.165, 1.54) is 6.20 Å². The minimum Gasteiger partial charge on any atom is -0.453 e. The first-order valence-corrected chi connectivity index (χ1v) is 10.9. The zero-order chi connectivity index (χ0) is 20.4. The van der Waals surface area contributed by atoms with Crippen LogP contribution in [0.3, 0.4) is 0 Å². The van der Waals surface area contributed by atoms with E-state index in [0.29, 0.717) is 24.5 Å². The monoisotopic (exact) mass is 411 g/mol. The minimum absolute atomic E-state index is 0.113. The number of hydrogen-bond donors (Lipinski definition) is 1. The highest BCUT2D eigenvalue weighted by atomic mass is 32.2. The molecule has 0 fully saturated rings. The van der Waals surface area contributed by atoms with Gasteiger partial charge in [0.15, 0.2) is 11.5 Å². The van der Waals surface area contributed by atoms with Crippen molar-refractivity contribution in [3.63, 3.8) is 0 Å². The van der Waals surface area contributed by atoms with Gasteiger partial charge in [-0.05, 0) is 43.2 Å². The van der Waals surface area contributed by atoms with Crippen molar-refractivity contribution in [3.8, 4) is 11.5 Å². The molecule has 7 nitrogen and oxygen atoms in total. The molecule has 0 spiro atoms. The van der Waals surface area contributed by atoms with E-state index < -0.39 is 15.4 Å². The summed E-state index contributed by atoms with van der Waals surface area (Å²) in [5.41, 5.74) is 2.40. The average molecular weight is 411 g/mol. The molecule has 0 bridgehead atoms. The van der Waals surface area contributed by atoms with Crippen molar-refractivity contribution >= 4 is 21.5 Å². The molecule has 2 heterocycles. The number of fused-ring (bicyclic) bond motifs is 2. The SMILES string of the molecule is CCc1ccnc(C(CCN2c3ccccc3Oc3ccccc32)S(=O)(=O)O)n1. The lowest BCUT2D eigenvalue weighted by Crippen LogP contribution is -2.26. The summed E-state index contributed by atoms with van der Waals surface area (Å²) in [4.78, 5) is 10.4. The van der Waals surface area contributed by atoms with E-state index in [4.69, 9.17) is 4.74 Å². The standard InChI is InChI=1S/C21H21N3O4S/c1-2-15-11-13-22-21(23-15)20(29(25,26)27)12-14-24-16-7-3-5-9-18(16)28-19-10-6-4-8-17(19)24/h3-11,13,20H,2,12,14H2,1H3,(H,25,26,27). The van der Waals surface area contributed by atoms with Gasteiger partial charge in [0.25, 0.3) is 10.1 Å². The van der Waals surface area contributed by atoms with Gasteiger partial charge in [-0.2, -0.15) is 8.42 Å². The molecule has 2 aromatic carbocycles. The molecular formula is C21H21N3O4S. The molecule has 0 saturated heterocycles. The van der Waals surface area contributed by atoms with Gasteiger partial charge in [0.2, 0.25) is 0 Å². The quantitative estimate of drug-likeness (QED) is 0.605. The Morgan fingerprint density at radius 1 is 1.03 bits per heavy atom. The van der Waals surface area contributed by atoms with Crippen LogP contribution in [0.4, 0.5) is 11.4 Å². The van der Waals surface area contributed by atoms with Crippen LogP contribution in [0.1, 0.15) is 30.1 Å². The molecule has 0 saturated carbocycles. The maximum Gasteiger partial charge on any atom is 0.275 e. The van der Waals surface area contributed by atoms with E-state index in [1.54, 1.807) is 6.07 Å². The Labute approximate surface area is 169 Å². The molecule has 1 unspecified atom stereocenters. The number of nitrogens with zero attached hydrogens (tertiary/aromatic N) is 3. The molecule has 1 aromatic heterocycles. The first kappa shape index (κ1) is 19.4. The summed E-state index contributed by atoms with van der Waals surface area (Å²) < 4.78 is 40.1. The van der Waals surface area contributed by atoms with Gasteiger partial charge in [-0.25, -0.2) is 9.97 Å². The molecule has 1 atom stereocenters. The van der Waals surface area contributed by atoms with Crippen molar-refractivity contribution in [1.29, 1.82) is 0 Å². The van der Waals surface area contributed by atoms with Crippen molar-refractivity contribution in [2.45, 2.75) is 25.0 Å². The highest BCUT2D eigenvalue weighted by molar-refractivity contribution is 7.86. The van der Waals surface area contributed by atoms with Gasteiger partial charge in [-0.15, -0.1) is 0 Å². The van der Waals surface area contributed by atoms with Crippen LogP contribution in [0.15, 0.2) is 60.8 Å². The van der Waals surface area contributed by atoms with Crippen molar-refractivity contribution in [2.75, 3.05) is 11.4 Å². The van der Waals surface area contributed by atoms with Crippen LogP contribution in [0, 0.1) is 0 Å². The van der Waals surface area contributed by atoms with Gasteiger partial charge >= 0.3 is 0 Å². The summed E-state index contributed by atoms with van der Waals surface area (Å²) in [7, 11) is -4.38. The largest absolute Gasteiger partial charge is 0.453 e. The first-order valence-electron chi connectivity index (χ1n) is 9.39. The molecule has 150 valence electrons. The van der Waals surface area contributed by atoms with Gasteiger partial charge in [0, 0.05) is 18.4 Å². The van der Waals surface area contributed by atoms with E-state index in [1.807, 2.05) is 60.4 Å². The second-order valence-corrected chi connectivity index (χ2v) is 8.34. The Bertz CT molecular complexity index is 1090.